The molecule has 4 aromatic rings. The number of ether oxygens (including phenoxy) is 1. The maximum atomic E-state index is 14.8. The number of anilines is 1. The van der Waals surface area contributed by atoms with Gasteiger partial charge in [-0.25, -0.2) is 13.8 Å². The summed E-state index contributed by atoms with van der Waals surface area (Å²) in [5.74, 6) is 2.73. The molecule has 2 bridgehead atoms. The van der Waals surface area contributed by atoms with Crippen LogP contribution in [0.5, 0.6) is 11.8 Å². The summed E-state index contributed by atoms with van der Waals surface area (Å²) in [4.78, 5) is 19.1. The van der Waals surface area contributed by atoms with Crippen LogP contribution in [0.1, 0.15) is 37.7 Å². The lowest BCUT2D eigenvalue weighted by molar-refractivity contribution is 0.107. The summed E-state index contributed by atoms with van der Waals surface area (Å²) >= 11 is 0. The Morgan fingerprint density at radius 3 is 2.74 bits per heavy atom. The van der Waals surface area contributed by atoms with Crippen molar-refractivity contribution in [1.29, 1.82) is 0 Å². The van der Waals surface area contributed by atoms with E-state index >= 15 is 0 Å². The first kappa shape index (κ1) is 26.5. The van der Waals surface area contributed by atoms with Crippen LogP contribution in [0.4, 0.5) is 14.6 Å². The third kappa shape index (κ3) is 4.45. The fraction of sp³-hybridized carbons (Fsp3) is 0.424. The Bertz CT molecular complexity index is 1800. The van der Waals surface area contributed by atoms with Crippen molar-refractivity contribution < 1.29 is 18.6 Å². The molecule has 4 fully saturated rings. The topological polar surface area (TPSA) is 86.6 Å². The number of phenolic OH excluding ortho intramolecular Hbond substituents is 1. The van der Waals surface area contributed by atoms with Gasteiger partial charge in [0.25, 0.3) is 0 Å². The molecule has 43 heavy (non-hydrogen) atoms. The van der Waals surface area contributed by atoms with E-state index in [1.165, 1.54) is 6.07 Å². The molecule has 3 unspecified atom stereocenters. The first-order chi connectivity index (χ1) is 20.9. The molecule has 6 heterocycles. The first-order valence-corrected chi connectivity index (χ1v) is 15.0. The van der Waals surface area contributed by atoms with Gasteiger partial charge < -0.3 is 20.1 Å². The van der Waals surface area contributed by atoms with Crippen LogP contribution >= 0.6 is 0 Å². The van der Waals surface area contributed by atoms with Gasteiger partial charge in [0, 0.05) is 49.1 Å². The maximum Gasteiger partial charge on any atom is 0.320 e. The Balaban J connectivity index is 1.24. The van der Waals surface area contributed by atoms with Gasteiger partial charge in [0.1, 0.15) is 30.2 Å². The van der Waals surface area contributed by atoms with Gasteiger partial charge >= 0.3 is 6.01 Å². The summed E-state index contributed by atoms with van der Waals surface area (Å²) in [6.07, 6.45) is 9.47. The second kappa shape index (κ2) is 10.00. The molecule has 0 aliphatic carbocycles. The third-order valence-corrected chi connectivity index (χ3v) is 9.74. The average molecular weight is 583 g/mol. The van der Waals surface area contributed by atoms with Crippen molar-refractivity contribution in [2.24, 2.45) is 0 Å². The van der Waals surface area contributed by atoms with Crippen molar-refractivity contribution in [3.63, 3.8) is 0 Å². The molecule has 2 aromatic carbocycles. The van der Waals surface area contributed by atoms with Crippen LogP contribution < -0.4 is 15.0 Å². The van der Waals surface area contributed by atoms with E-state index in [2.05, 4.69) is 21.0 Å². The van der Waals surface area contributed by atoms with Gasteiger partial charge in [-0.1, -0.05) is 12.0 Å². The fourth-order valence-electron chi connectivity index (χ4n) is 7.82. The molecule has 2 aromatic heterocycles. The van der Waals surface area contributed by atoms with Gasteiger partial charge in [-0.2, -0.15) is 9.97 Å². The molecule has 0 radical (unpaired) electrons. The van der Waals surface area contributed by atoms with Crippen LogP contribution in [0, 0.1) is 18.2 Å². The molecule has 8 rings (SSSR count). The molecule has 4 atom stereocenters. The predicted molar refractivity (Wildman–Crippen MR) is 161 cm³/mol. The van der Waals surface area contributed by atoms with Crippen molar-refractivity contribution in [2.45, 2.75) is 55.9 Å². The highest BCUT2D eigenvalue weighted by Gasteiger charge is 2.49. The van der Waals surface area contributed by atoms with E-state index < -0.39 is 12.0 Å². The van der Waals surface area contributed by atoms with Crippen LogP contribution in [0.15, 0.2) is 36.4 Å². The van der Waals surface area contributed by atoms with Gasteiger partial charge in [0.05, 0.1) is 22.2 Å². The Labute approximate surface area is 248 Å². The van der Waals surface area contributed by atoms with E-state index in [9.17, 15) is 13.9 Å². The zero-order valence-electron chi connectivity index (χ0n) is 23.7. The number of rotatable bonds is 5. The van der Waals surface area contributed by atoms with Crippen LogP contribution in [0.25, 0.3) is 33.1 Å². The SMILES string of the molecule is C#Cc1c(F)ccc2cc(O)cc(-c3ccc4c(N5CC6CCC(C5)N6)nc(OCC56CCCN5C[C@H](F)C6)nc4n3)c12. The minimum atomic E-state index is -0.854. The molecule has 10 heteroatoms. The van der Waals surface area contributed by atoms with Crippen molar-refractivity contribution in [2.75, 3.05) is 37.7 Å². The number of aromatic hydroxyl groups is 1. The van der Waals surface area contributed by atoms with Gasteiger partial charge in [0.2, 0.25) is 0 Å². The van der Waals surface area contributed by atoms with Crippen molar-refractivity contribution in [3.8, 4) is 35.4 Å². The Morgan fingerprint density at radius 2 is 1.93 bits per heavy atom. The Kier molecular flexibility index (Phi) is 6.17. The van der Waals surface area contributed by atoms with Gasteiger partial charge in [-0.05, 0) is 67.9 Å². The monoisotopic (exact) mass is 582 g/mol. The number of fused-ring (bicyclic) bond motifs is 5. The summed E-state index contributed by atoms with van der Waals surface area (Å²) in [6.45, 7) is 3.26. The average Bonchev–Trinajstić information content (AvgIpc) is 3.65. The fourth-order valence-corrected chi connectivity index (χ4v) is 7.82. The summed E-state index contributed by atoms with van der Waals surface area (Å²) in [7, 11) is 0. The van der Waals surface area contributed by atoms with Crippen molar-refractivity contribution >= 4 is 27.6 Å². The lowest BCUT2D eigenvalue weighted by atomic mass is 9.95. The number of terminal acetylenes is 1. The first-order valence-electron chi connectivity index (χ1n) is 15.0. The molecule has 8 nitrogen and oxygen atoms in total. The molecule has 4 aliphatic heterocycles. The zero-order valence-corrected chi connectivity index (χ0v) is 23.7. The molecular formula is C33H32F2N6O2. The van der Waals surface area contributed by atoms with E-state index in [4.69, 9.17) is 26.1 Å². The number of nitrogens with zero attached hydrogens (tertiary/aromatic N) is 5. The normalized spacial score (nSPS) is 26.7. The highest BCUT2D eigenvalue weighted by Crippen LogP contribution is 2.41. The van der Waals surface area contributed by atoms with Gasteiger partial charge in [-0.15, -0.1) is 6.42 Å². The Hall–Kier alpha value is -4.07. The minimum Gasteiger partial charge on any atom is -0.508 e. The molecule has 0 saturated carbocycles. The van der Waals surface area contributed by atoms with Crippen LogP contribution in [-0.2, 0) is 0 Å². The number of phenols is 1. The Morgan fingerprint density at radius 1 is 1.09 bits per heavy atom. The molecule has 220 valence electrons. The highest BCUT2D eigenvalue weighted by molar-refractivity contribution is 6.02. The molecule has 0 spiro atoms. The number of piperazine rings is 1. The number of halogens is 2. The number of aromatic nitrogens is 3. The second-order valence-corrected chi connectivity index (χ2v) is 12.5. The third-order valence-electron chi connectivity index (χ3n) is 9.74. The summed E-state index contributed by atoms with van der Waals surface area (Å²) in [6, 6.07) is 10.7. The van der Waals surface area contributed by atoms with E-state index in [1.54, 1.807) is 18.2 Å². The molecule has 4 saturated heterocycles. The molecule has 4 aliphatic rings. The van der Waals surface area contributed by atoms with Gasteiger partial charge in [0.15, 0.2) is 5.65 Å². The van der Waals surface area contributed by atoms with E-state index in [0.29, 0.717) is 59.3 Å². The van der Waals surface area contributed by atoms with E-state index in [1.807, 2.05) is 12.1 Å². The second-order valence-electron chi connectivity index (χ2n) is 12.5. The standard InChI is InChI=1S/C33H32F2N6O2/c1-2-24-27(35)8-4-19-12-23(42)13-26(29(19)24)28-9-7-25-30(37-28)38-32(39-31(25)40-16-21-5-6-22(17-40)36-21)43-18-33-10-3-11-41(33)15-20(34)14-33/h1,4,7-9,12-13,20-22,36,42H,3,5-6,10-11,14-18H2/t20-,21?,22?,33?/m1/s1. The van der Waals surface area contributed by atoms with Crippen LogP contribution in [-0.4, -0.2) is 81.5 Å². The van der Waals surface area contributed by atoms with E-state index in [-0.39, 0.29) is 22.9 Å². The van der Waals surface area contributed by atoms with Gasteiger partial charge in [-0.3, -0.25) is 4.90 Å². The van der Waals surface area contributed by atoms with Crippen molar-refractivity contribution in [3.05, 3.63) is 47.8 Å². The van der Waals surface area contributed by atoms with E-state index in [0.717, 1.165) is 56.5 Å². The van der Waals surface area contributed by atoms with Crippen LogP contribution in [0.2, 0.25) is 0 Å². The van der Waals surface area contributed by atoms with Crippen molar-refractivity contribution in [1.82, 2.24) is 25.2 Å². The van der Waals surface area contributed by atoms with Crippen LogP contribution in [0.3, 0.4) is 0 Å². The summed E-state index contributed by atoms with van der Waals surface area (Å²) in [5.41, 5.74) is 1.20. The molecule has 0 amide bonds. The zero-order chi connectivity index (χ0) is 29.3. The highest BCUT2D eigenvalue weighted by atomic mass is 19.1. The smallest absolute Gasteiger partial charge is 0.320 e. The minimum absolute atomic E-state index is 0.0192. The number of pyridine rings is 1. The maximum absolute atomic E-state index is 14.8. The number of benzene rings is 2. The largest absolute Gasteiger partial charge is 0.508 e. The quantitative estimate of drug-likeness (QED) is 0.331. The number of hydrogen-bond acceptors (Lipinski definition) is 8. The number of alkyl halides is 1. The summed E-state index contributed by atoms with van der Waals surface area (Å²) in [5, 5.41) is 16.1. The lowest BCUT2D eigenvalue weighted by Gasteiger charge is -2.34. The molecule has 2 N–H and O–H groups in total. The number of hydrogen-bond donors (Lipinski definition) is 2. The lowest BCUT2D eigenvalue weighted by Crippen LogP contribution is -2.51. The molecular weight excluding hydrogens is 550 g/mol. The predicted octanol–water partition coefficient (Wildman–Crippen LogP) is 4.57. The number of nitrogens with one attached hydrogen (secondary N) is 1. The summed E-state index contributed by atoms with van der Waals surface area (Å²) < 4.78 is 35.5.